The van der Waals surface area contributed by atoms with E-state index in [9.17, 15) is 4.79 Å². The van der Waals surface area contributed by atoms with Crippen LogP contribution in [0.4, 0.5) is 0 Å². The molecule has 1 saturated heterocycles. The average molecular weight is 343 g/mol. The summed E-state index contributed by atoms with van der Waals surface area (Å²) in [5.41, 5.74) is 1.51. The van der Waals surface area contributed by atoms with Gasteiger partial charge >= 0.3 is 0 Å². The van der Waals surface area contributed by atoms with Crippen LogP contribution in [0.3, 0.4) is 0 Å². The van der Waals surface area contributed by atoms with Gasteiger partial charge in [-0.05, 0) is 53.9 Å². The van der Waals surface area contributed by atoms with Crippen molar-refractivity contribution in [3.05, 3.63) is 29.8 Å². The van der Waals surface area contributed by atoms with Crippen molar-refractivity contribution in [2.24, 2.45) is 10.8 Å². The number of rotatable bonds is 4. The predicted octanol–water partition coefficient (Wildman–Crippen LogP) is 4.14. The van der Waals surface area contributed by atoms with Crippen molar-refractivity contribution in [2.75, 3.05) is 20.8 Å². The van der Waals surface area contributed by atoms with Gasteiger partial charge in [0, 0.05) is 18.7 Å². The van der Waals surface area contributed by atoms with Crippen LogP contribution in [-0.4, -0.2) is 37.6 Å². The quantitative estimate of drug-likeness (QED) is 0.771. The third-order valence-electron chi connectivity index (χ3n) is 5.52. The second-order valence-corrected chi connectivity index (χ2v) is 8.63. The van der Waals surface area contributed by atoms with Crippen LogP contribution in [0.5, 0.6) is 11.5 Å². The highest BCUT2D eigenvalue weighted by Crippen LogP contribution is 2.52. The van der Waals surface area contributed by atoms with E-state index in [2.05, 4.69) is 25.7 Å². The lowest BCUT2D eigenvalue weighted by Gasteiger charge is -2.39. The van der Waals surface area contributed by atoms with Crippen LogP contribution in [0.15, 0.2) is 24.3 Å². The lowest BCUT2D eigenvalue weighted by Crippen LogP contribution is -2.36. The number of carbonyl (C=O) groups is 1. The smallest absolute Gasteiger partial charge is 0.246 e. The number of carbonyl (C=O) groups excluding carboxylic acids is 1. The van der Waals surface area contributed by atoms with E-state index in [1.807, 2.05) is 24.3 Å². The van der Waals surface area contributed by atoms with E-state index in [0.29, 0.717) is 23.0 Å². The molecule has 2 unspecified atom stereocenters. The van der Waals surface area contributed by atoms with Gasteiger partial charge in [0.05, 0.1) is 14.2 Å². The summed E-state index contributed by atoms with van der Waals surface area (Å²) in [7, 11) is 3.23. The van der Waals surface area contributed by atoms with Crippen molar-refractivity contribution in [1.82, 2.24) is 4.90 Å². The molecular weight excluding hydrogens is 314 g/mol. The molecule has 1 amide bonds. The Labute approximate surface area is 150 Å². The molecule has 0 spiro atoms. The lowest BCUT2D eigenvalue weighted by atomic mass is 9.65. The van der Waals surface area contributed by atoms with Crippen molar-refractivity contribution >= 4 is 12.0 Å². The molecule has 0 aromatic heterocycles. The SMILES string of the molecule is COc1ccc(/C=C/C(=O)N2CC3(C)CC2CC(C)(C)C3)cc1OC. The Balaban J connectivity index is 1.74. The third-order valence-corrected chi connectivity index (χ3v) is 5.52. The first-order valence-electron chi connectivity index (χ1n) is 8.96. The summed E-state index contributed by atoms with van der Waals surface area (Å²) in [5.74, 6) is 1.47. The number of benzene rings is 1. The molecule has 4 nitrogen and oxygen atoms in total. The largest absolute Gasteiger partial charge is 0.493 e. The van der Waals surface area contributed by atoms with Crippen LogP contribution in [0.25, 0.3) is 6.08 Å². The molecule has 3 rings (SSSR count). The van der Waals surface area contributed by atoms with E-state index in [4.69, 9.17) is 9.47 Å². The van der Waals surface area contributed by atoms with Gasteiger partial charge in [0.15, 0.2) is 11.5 Å². The fourth-order valence-electron chi connectivity index (χ4n) is 4.94. The summed E-state index contributed by atoms with van der Waals surface area (Å²) < 4.78 is 10.6. The van der Waals surface area contributed by atoms with Crippen LogP contribution in [-0.2, 0) is 4.79 Å². The zero-order valence-corrected chi connectivity index (χ0v) is 16.0. The van der Waals surface area contributed by atoms with Gasteiger partial charge in [-0.15, -0.1) is 0 Å². The minimum absolute atomic E-state index is 0.112. The monoisotopic (exact) mass is 343 g/mol. The molecule has 1 saturated carbocycles. The van der Waals surface area contributed by atoms with Crippen LogP contribution >= 0.6 is 0 Å². The minimum atomic E-state index is 0.112. The Morgan fingerprint density at radius 3 is 2.56 bits per heavy atom. The number of likely N-dealkylation sites (tertiary alicyclic amines) is 1. The van der Waals surface area contributed by atoms with Crippen LogP contribution in [0.2, 0.25) is 0 Å². The number of amides is 1. The Morgan fingerprint density at radius 1 is 1.16 bits per heavy atom. The summed E-state index contributed by atoms with van der Waals surface area (Å²) in [4.78, 5) is 14.9. The Kier molecular flexibility index (Phi) is 4.56. The van der Waals surface area contributed by atoms with Gasteiger partial charge in [-0.25, -0.2) is 0 Å². The van der Waals surface area contributed by atoms with Gasteiger partial charge < -0.3 is 14.4 Å². The Hall–Kier alpha value is -1.97. The van der Waals surface area contributed by atoms with Crippen LogP contribution in [0.1, 0.15) is 45.6 Å². The van der Waals surface area contributed by atoms with Gasteiger partial charge in [-0.2, -0.15) is 0 Å². The van der Waals surface area contributed by atoms with E-state index < -0.39 is 0 Å². The standard InChI is InChI=1S/C21H29NO3/c1-20(2)11-16-12-21(3,13-20)14-22(16)19(23)9-7-15-6-8-17(24-4)18(10-15)25-5/h6-10,16H,11-14H2,1-5H3/b9-7+. The first kappa shape index (κ1) is 17.8. The number of hydrogen-bond acceptors (Lipinski definition) is 3. The van der Waals surface area contributed by atoms with Gasteiger partial charge in [-0.3, -0.25) is 4.79 Å². The molecule has 2 atom stereocenters. The highest BCUT2D eigenvalue weighted by Gasteiger charge is 2.50. The zero-order chi connectivity index (χ0) is 18.2. The van der Waals surface area contributed by atoms with E-state index >= 15 is 0 Å². The maximum absolute atomic E-state index is 12.8. The predicted molar refractivity (Wildman–Crippen MR) is 99.8 cm³/mol. The summed E-state index contributed by atoms with van der Waals surface area (Å²) in [5, 5.41) is 0. The number of hydrogen-bond donors (Lipinski definition) is 0. The highest BCUT2D eigenvalue weighted by atomic mass is 16.5. The van der Waals surface area contributed by atoms with E-state index in [-0.39, 0.29) is 11.3 Å². The molecule has 2 bridgehead atoms. The first-order valence-corrected chi connectivity index (χ1v) is 8.96. The average Bonchev–Trinajstić information content (AvgIpc) is 2.81. The molecule has 1 aliphatic carbocycles. The van der Waals surface area contributed by atoms with Crippen LogP contribution in [0, 0.1) is 10.8 Å². The molecular formula is C21H29NO3. The van der Waals surface area contributed by atoms with Crippen LogP contribution < -0.4 is 9.47 Å². The molecule has 136 valence electrons. The molecule has 1 aromatic rings. The van der Waals surface area contributed by atoms with E-state index in [1.165, 1.54) is 6.42 Å². The van der Waals surface area contributed by atoms with E-state index in [0.717, 1.165) is 24.9 Å². The minimum Gasteiger partial charge on any atom is -0.493 e. The van der Waals surface area contributed by atoms with E-state index in [1.54, 1.807) is 20.3 Å². The topological polar surface area (TPSA) is 38.8 Å². The molecule has 1 heterocycles. The van der Waals surface area contributed by atoms with Gasteiger partial charge in [0.2, 0.25) is 5.91 Å². The lowest BCUT2D eigenvalue weighted by molar-refractivity contribution is -0.127. The molecule has 1 aliphatic heterocycles. The second kappa shape index (κ2) is 6.40. The highest BCUT2D eigenvalue weighted by molar-refractivity contribution is 5.92. The summed E-state index contributed by atoms with van der Waals surface area (Å²) in [6.45, 7) is 7.85. The fourth-order valence-corrected chi connectivity index (χ4v) is 4.94. The summed E-state index contributed by atoms with van der Waals surface area (Å²) in [6, 6.07) is 6.04. The van der Waals surface area contributed by atoms with Crippen molar-refractivity contribution in [1.29, 1.82) is 0 Å². The van der Waals surface area contributed by atoms with Crippen molar-refractivity contribution < 1.29 is 14.3 Å². The second-order valence-electron chi connectivity index (χ2n) is 8.63. The third kappa shape index (κ3) is 3.68. The molecule has 2 aliphatic rings. The molecule has 4 heteroatoms. The summed E-state index contributed by atoms with van der Waals surface area (Å²) in [6.07, 6.45) is 6.98. The number of methoxy groups -OCH3 is 2. The molecule has 0 N–H and O–H groups in total. The van der Waals surface area contributed by atoms with Crippen molar-refractivity contribution in [3.63, 3.8) is 0 Å². The molecule has 1 aromatic carbocycles. The normalized spacial score (nSPS) is 27.6. The molecule has 2 fully saturated rings. The van der Waals surface area contributed by atoms with Gasteiger partial charge in [0.25, 0.3) is 0 Å². The molecule has 0 radical (unpaired) electrons. The van der Waals surface area contributed by atoms with Gasteiger partial charge in [-0.1, -0.05) is 26.8 Å². The first-order chi connectivity index (χ1) is 11.8. The van der Waals surface area contributed by atoms with Gasteiger partial charge in [0.1, 0.15) is 0 Å². The maximum atomic E-state index is 12.8. The summed E-state index contributed by atoms with van der Waals surface area (Å²) >= 11 is 0. The fraction of sp³-hybridized carbons (Fsp3) is 0.571. The number of ether oxygens (including phenoxy) is 2. The Bertz CT molecular complexity index is 694. The number of nitrogens with zero attached hydrogens (tertiary/aromatic N) is 1. The molecule has 25 heavy (non-hydrogen) atoms. The maximum Gasteiger partial charge on any atom is 0.246 e. The van der Waals surface area contributed by atoms with Crippen molar-refractivity contribution in [3.8, 4) is 11.5 Å². The Morgan fingerprint density at radius 2 is 1.88 bits per heavy atom. The van der Waals surface area contributed by atoms with Crippen molar-refractivity contribution in [2.45, 2.75) is 46.1 Å². The number of fused-ring (bicyclic) bond motifs is 2. The zero-order valence-electron chi connectivity index (χ0n) is 16.0.